The maximum Gasteiger partial charge on any atom is 0.573 e. The fourth-order valence-electron chi connectivity index (χ4n) is 4.16. The number of thiocarbonyl (C=S) groups is 1. The van der Waals surface area contributed by atoms with Gasteiger partial charge in [0.1, 0.15) is 11.4 Å². The number of benzene rings is 3. The highest BCUT2D eigenvalue weighted by Gasteiger charge is 2.31. The molecule has 3 aromatic carbocycles. The van der Waals surface area contributed by atoms with Gasteiger partial charge >= 0.3 is 6.36 Å². The molecule has 0 fully saturated rings. The Bertz CT molecular complexity index is 1580. The minimum absolute atomic E-state index is 0.108. The quantitative estimate of drug-likeness (QED) is 0.0968. The zero-order valence-corrected chi connectivity index (χ0v) is 23.5. The largest absolute Gasteiger partial charge is 0.573 e. The zero-order chi connectivity index (χ0) is 29.7. The van der Waals surface area contributed by atoms with Crippen molar-refractivity contribution in [2.75, 3.05) is 17.5 Å². The highest BCUT2D eigenvalue weighted by molar-refractivity contribution is 7.80. The van der Waals surface area contributed by atoms with Gasteiger partial charge in [-0.15, -0.1) is 13.2 Å². The summed E-state index contributed by atoms with van der Waals surface area (Å²) in [6.07, 6.45) is -3.18. The second-order valence-electron chi connectivity index (χ2n) is 9.18. The topological polar surface area (TPSA) is 99.8 Å². The van der Waals surface area contributed by atoms with E-state index >= 15 is 0 Å². The molecule has 13 heteroatoms. The molecule has 41 heavy (non-hydrogen) atoms. The number of rotatable bonds is 8. The van der Waals surface area contributed by atoms with Crippen LogP contribution in [-0.4, -0.2) is 40.4 Å². The van der Waals surface area contributed by atoms with Gasteiger partial charge in [0.25, 0.3) is 0 Å². The first-order valence-electron chi connectivity index (χ1n) is 12.4. The second kappa shape index (κ2) is 12.4. The first-order valence-corrected chi connectivity index (χ1v) is 12.8. The van der Waals surface area contributed by atoms with E-state index in [4.69, 9.17) is 22.5 Å². The molecule has 0 saturated carbocycles. The van der Waals surface area contributed by atoms with E-state index in [1.807, 2.05) is 36.4 Å². The smallest absolute Gasteiger partial charge is 0.406 e. The summed E-state index contributed by atoms with van der Waals surface area (Å²) in [6.45, 7) is 4.22. The van der Waals surface area contributed by atoms with E-state index in [-0.39, 0.29) is 11.6 Å². The number of anilines is 2. The Balaban J connectivity index is 1.48. The van der Waals surface area contributed by atoms with E-state index in [1.165, 1.54) is 19.2 Å². The molecule has 9 nitrogen and oxygen atoms in total. The van der Waals surface area contributed by atoms with Gasteiger partial charge in [0, 0.05) is 18.1 Å². The number of hydroxylamine groups is 1. The zero-order valence-electron chi connectivity index (χ0n) is 22.7. The highest BCUT2D eigenvalue weighted by Crippen LogP contribution is 2.28. The summed E-state index contributed by atoms with van der Waals surface area (Å²) in [6, 6.07) is 18.4. The summed E-state index contributed by atoms with van der Waals surface area (Å²) < 4.78 is 43.0. The minimum Gasteiger partial charge on any atom is -0.406 e. The van der Waals surface area contributed by atoms with Gasteiger partial charge in [-0.3, -0.25) is 20.4 Å². The van der Waals surface area contributed by atoms with Crippen LogP contribution in [0.25, 0.3) is 10.9 Å². The summed E-state index contributed by atoms with van der Waals surface area (Å²) in [7, 11) is 3.09. The van der Waals surface area contributed by atoms with Crippen LogP contribution in [0.15, 0.2) is 71.8 Å². The van der Waals surface area contributed by atoms with Gasteiger partial charge in [0.15, 0.2) is 10.9 Å². The molecule has 0 aliphatic rings. The second-order valence-corrected chi connectivity index (χ2v) is 9.59. The van der Waals surface area contributed by atoms with E-state index in [0.29, 0.717) is 27.8 Å². The van der Waals surface area contributed by atoms with E-state index < -0.39 is 6.36 Å². The Labute approximate surface area is 240 Å². The minimum atomic E-state index is -4.80. The average Bonchev–Trinajstić information content (AvgIpc) is 3.25. The fourth-order valence-corrected chi connectivity index (χ4v) is 4.33. The van der Waals surface area contributed by atoms with Crippen LogP contribution in [0.4, 0.5) is 24.5 Å². The number of fused-ring (bicyclic) bond motifs is 1. The molecule has 1 heterocycles. The van der Waals surface area contributed by atoms with Gasteiger partial charge < -0.3 is 10.1 Å². The van der Waals surface area contributed by atoms with E-state index in [1.54, 1.807) is 24.0 Å². The SMILES string of the molecule is CON(C(=N)c1nn(C)c2cc(/C=N/NC(=S)Nc3ccccc3C(C)C)ccc12)c1ccc(OC(F)(F)F)cc1. The van der Waals surface area contributed by atoms with Gasteiger partial charge in [-0.25, -0.2) is 5.06 Å². The maximum atomic E-state index is 12.5. The predicted octanol–water partition coefficient (Wildman–Crippen LogP) is 6.31. The van der Waals surface area contributed by atoms with Crippen LogP contribution >= 0.6 is 12.2 Å². The van der Waals surface area contributed by atoms with E-state index in [2.05, 4.69) is 39.5 Å². The van der Waals surface area contributed by atoms with Crippen molar-refractivity contribution < 1.29 is 22.7 Å². The number of para-hydroxylation sites is 1. The van der Waals surface area contributed by atoms with Gasteiger partial charge in [0.2, 0.25) is 0 Å². The fraction of sp³-hybridized carbons (Fsp3) is 0.214. The van der Waals surface area contributed by atoms with Gasteiger partial charge in [0.05, 0.1) is 24.5 Å². The molecule has 0 amide bonds. The molecule has 0 bridgehead atoms. The molecule has 3 N–H and O–H groups in total. The molecular formula is C28H28F3N7O2S. The van der Waals surface area contributed by atoms with Crippen molar-refractivity contribution in [1.29, 1.82) is 5.41 Å². The van der Waals surface area contributed by atoms with Crippen molar-refractivity contribution in [2.45, 2.75) is 26.1 Å². The molecule has 4 rings (SSSR count). The summed E-state index contributed by atoms with van der Waals surface area (Å²) >= 11 is 5.39. The number of amidine groups is 1. The van der Waals surface area contributed by atoms with Gasteiger partial charge in [-0.05, 0) is 71.7 Å². The van der Waals surface area contributed by atoms with Crippen molar-refractivity contribution in [3.8, 4) is 5.75 Å². The maximum absolute atomic E-state index is 12.5. The first-order chi connectivity index (χ1) is 19.5. The number of aryl methyl sites for hydroxylation is 1. The van der Waals surface area contributed by atoms with Crippen LogP contribution in [0, 0.1) is 5.41 Å². The lowest BCUT2D eigenvalue weighted by Crippen LogP contribution is -2.30. The number of aromatic nitrogens is 2. The third-order valence-electron chi connectivity index (χ3n) is 6.00. The number of hydrogen-bond acceptors (Lipinski definition) is 6. The Morgan fingerprint density at radius 1 is 1.12 bits per heavy atom. The van der Waals surface area contributed by atoms with Crippen molar-refractivity contribution in [2.24, 2.45) is 12.1 Å². The summed E-state index contributed by atoms with van der Waals surface area (Å²) in [5.74, 6) is -0.159. The predicted molar refractivity (Wildman–Crippen MR) is 158 cm³/mol. The number of nitrogens with one attached hydrogen (secondary N) is 3. The lowest BCUT2D eigenvalue weighted by molar-refractivity contribution is -0.274. The Hall–Kier alpha value is -4.49. The molecule has 0 saturated heterocycles. The van der Waals surface area contributed by atoms with Crippen molar-refractivity contribution in [1.82, 2.24) is 15.2 Å². The summed E-state index contributed by atoms with van der Waals surface area (Å²) in [5, 5.41) is 22.8. The molecular weight excluding hydrogens is 555 g/mol. The lowest BCUT2D eigenvalue weighted by Gasteiger charge is -2.21. The molecule has 0 aliphatic carbocycles. The highest BCUT2D eigenvalue weighted by atomic mass is 32.1. The van der Waals surface area contributed by atoms with E-state index in [9.17, 15) is 13.2 Å². The standard InChI is InChI=1S/C28H28F3N7O2S/c1-17(2)21-7-5-6-8-23(21)34-27(41)35-33-16-18-9-14-22-24(15-18)37(3)36-25(22)26(32)38(39-4)19-10-12-20(13-11-19)40-28(29,30)31/h5-17,32H,1-4H3,(H2,34,35,41)/b32-26?,33-16+. The molecule has 0 atom stereocenters. The van der Waals surface area contributed by atoms with Crippen molar-refractivity contribution >= 4 is 51.7 Å². The van der Waals surface area contributed by atoms with Crippen LogP contribution in [0.5, 0.6) is 5.75 Å². The first kappa shape index (κ1) is 29.5. The lowest BCUT2D eigenvalue weighted by atomic mass is 10.0. The van der Waals surface area contributed by atoms with Crippen molar-refractivity contribution in [3.63, 3.8) is 0 Å². The Morgan fingerprint density at radius 3 is 2.49 bits per heavy atom. The molecule has 4 aromatic rings. The Kier molecular flexibility index (Phi) is 8.89. The summed E-state index contributed by atoms with van der Waals surface area (Å²) in [5.41, 5.74) is 7.01. The molecule has 1 aromatic heterocycles. The number of hydrogen-bond donors (Lipinski definition) is 3. The Morgan fingerprint density at radius 2 is 1.83 bits per heavy atom. The monoisotopic (exact) mass is 583 g/mol. The number of ether oxygens (including phenoxy) is 1. The number of halogens is 3. The molecule has 214 valence electrons. The van der Waals surface area contributed by atoms with Crippen LogP contribution < -0.4 is 20.5 Å². The number of nitrogens with zero attached hydrogens (tertiary/aromatic N) is 4. The summed E-state index contributed by atoms with van der Waals surface area (Å²) in [4.78, 5) is 5.36. The van der Waals surface area contributed by atoms with Gasteiger partial charge in [-0.1, -0.05) is 38.1 Å². The number of hydrazone groups is 1. The van der Waals surface area contributed by atoms with E-state index in [0.717, 1.165) is 39.5 Å². The average molecular weight is 584 g/mol. The third kappa shape index (κ3) is 7.18. The van der Waals surface area contributed by atoms with Crippen molar-refractivity contribution in [3.05, 3.63) is 83.6 Å². The molecule has 0 aliphatic heterocycles. The third-order valence-corrected chi connectivity index (χ3v) is 6.19. The van der Waals surface area contributed by atoms with Crippen LogP contribution in [0.2, 0.25) is 0 Å². The molecule has 0 spiro atoms. The number of alkyl halides is 3. The molecule has 0 radical (unpaired) electrons. The van der Waals surface area contributed by atoms with Gasteiger partial charge in [-0.2, -0.15) is 10.2 Å². The van der Waals surface area contributed by atoms with Crippen LogP contribution in [0.3, 0.4) is 0 Å². The van der Waals surface area contributed by atoms with Crippen LogP contribution in [0.1, 0.15) is 36.6 Å². The molecule has 0 unspecified atom stereocenters. The van der Waals surface area contributed by atoms with Crippen LogP contribution in [-0.2, 0) is 11.9 Å². The normalized spacial score (nSPS) is 11.7.